The number of carbonyl (C=O) groups is 2. The molecule has 106 valence electrons. The van der Waals surface area contributed by atoms with Crippen LogP contribution in [0.1, 0.15) is 24.3 Å². The minimum atomic E-state index is -3.98. The van der Waals surface area contributed by atoms with Crippen LogP contribution in [0.3, 0.4) is 0 Å². The zero-order chi connectivity index (χ0) is 14.8. The molecule has 0 aliphatic heterocycles. The van der Waals surface area contributed by atoms with E-state index < -0.39 is 27.9 Å². The van der Waals surface area contributed by atoms with Crippen molar-refractivity contribution in [2.45, 2.75) is 31.3 Å². The van der Waals surface area contributed by atoms with E-state index in [9.17, 15) is 18.0 Å². The van der Waals surface area contributed by atoms with E-state index in [-0.39, 0.29) is 10.6 Å². The summed E-state index contributed by atoms with van der Waals surface area (Å²) in [6.07, 6.45) is 1.19. The summed E-state index contributed by atoms with van der Waals surface area (Å²) < 4.78 is 27.2. The smallest absolute Gasteiger partial charge is 0.352 e. The van der Waals surface area contributed by atoms with Gasteiger partial charge in [-0.15, -0.1) is 0 Å². The number of aromatic carboxylic acids is 1. The molecule has 0 saturated heterocycles. The highest BCUT2D eigenvalue weighted by Crippen LogP contribution is 2.15. The van der Waals surface area contributed by atoms with Gasteiger partial charge in [-0.2, -0.15) is 4.72 Å². The van der Waals surface area contributed by atoms with E-state index in [1.54, 1.807) is 6.92 Å². The summed E-state index contributed by atoms with van der Waals surface area (Å²) in [7, 11) is -3.98. The molecule has 1 aromatic rings. The highest BCUT2D eigenvalue weighted by atomic mass is 32.2. The number of aryl methyl sites for hydroxylation is 1. The van der Waals surface area contributed by atoms with Gasteiger partial charge in [0.15, 0.2) is 0 Å². The van der Waals surface area contributed by atoms with E-state index in [1.807, 2.05) is 0 Å². The van der Waals surface area contributed by atoms with E-state index in [0.717, 1.165) is 6.07 Å². The second-order valence-electron chi connectivity index (χ2n) is 3.90. The number of nitrogens with zero attached hydrogens (tertiary/aromatic N) is 1. The Balaban J connectivity index is 3.16. The lowest BCUT2D eigenvalue weighted by molar-refractivity contribution is -0.119. The molecule has 0 radical (unpaired) electrons. The third kappa shape index (κ3) is 3.32. The maximum Gasteiger partial charge on any atom is 0.352 e. The summed E-state index contributed by atoms with van der Waals surface area (Å²) in [5.41, 5.74) is 4.82. The van der Waals surface area contributed by atoms with Gasteiger partial charge in [0.1, 0.15) is 10.6 Å². The highest BCUT2D eigenvalue weighted by molar-refractivity contribution is 7.89. The lowest BCUT2D eigenvalue weighted by Gasteiger charge is -2.09. The lowest BCUT2D eigenvalue weighted by Crippen LogP contribution is -2.41. The van der Waals surface area contributed by atoms with Crippen LogP contribution in [-0.4, -0.2) is 36.0 Å². The molecule has 1 atom stereocenters. The number of carboxylic acid groups (broad SMARTS) is 1. The fourth-order valence-corrected chi connectivity index (χ4v) is 2.68. The summed E-state index contributed by atoms with van der Waals surface area (Å²) in [5.74, 6) is -2.05. The minimum Gasteiger partial charge on any atom is -0.477 e. The Morgan fingerprint density at radius 3 is 2.47 bits per heavy atom. The maximum absolute atomic E-state index is 11.9. The quantitative estimate of drug-likeness (QED) is 0.641. The maximum atomic E-state index is 11.9. The number of sulfonamides is 1. The van der Waals surface area contributed by atoms with E-state index in [2.05, 4.69) is 4.72 Å². The van der Waals surface area contributed by atoms with Crippen molar-refractivity contribution in [3.8, 4) is 0 Å². The Morgan fingerprint density at radius 1 is 1.53 bits per heavy atom. The first-order chi connectivity index (χ1) is 8.69. The third-order valence-corrected chi connectivity index (χ3v) is 4.01. The second kappa shape index (κ2) is 5.41. The number of hydrogen-bond donors (Lipinski definition) is 3. The number of aromatic nitrogens is 1. The van der Waals surface area contributed by atoms with Crippen LogP contribution >= 0.6 is 0 Å². The molecule has 0 saturated carbocycles. The largest absolute Gasteiger partial charge is 0.477 e. The van der Waals surface area contributed by atoms with Crippen LogP contribution in [0.25, 0.3) is 0 Å². The summed E-state index contributed by atoms with van der Waals surface area (Å²) in [4.78, 5) is 21.6. The Morgan fingerprint density at radius 2 is 2.11 bits per heavy atom. The van der Waals surface area contributed by atoms with Gasteiger partial charge < -0.3 is 15.4 Å². The molecular formula is C10H15N3O5S. The van der Waals surface area contributed by atoms with Gasteiger partial charge in [-0.25, -0.2) is 13.2 Å². The number of carbonyl (C=O) groups excluding carboxylic acids is 1. The summed E-state index contributed by atoms with van der Waals surface area (Å²) in [5, 5.41) is 8.94. The third-order valence-electron chi connectivity index (χ3n) is 2.50. The monoisotopic (exact) mass is 289 g/mol. The molecule has 0 aliphatic carbocycles. The van der Waals surface area contributed by atoms with Crippen LogP contribution in [-0.2, 0) is 21.4 Å². The number of primary amides is 1. The minimum absolute atomic E-state index is 0.144. The van der Waals surface area contributed by atoms with Crippen molar-refractivity contribution in [2.24, 2.45) is 5.73 Å². The van der Waals surface area contributed by atoms with Crippen LogP contribution in [0.2, 0.25) is 0 Å². The van der Waals surface area contributed by atoms with Crippen LogP contribution in [0.4, 0.5) is 0 Å². The fourth-order valence-electron chi connectivity index (χ4n) is 1.43. The van der Waals surface area contributed by atoms with Crippen molar-refractivity contribution >= 4 is 21.9 Å². The van der Waals surface area contributed by atoms with Gasteiger partial charge in [0, 0.05) is 12.7 Å². The number of nitrogens with one attached hydrogen (secondary N) is 1. The van der Waals surface area contributed by atoms with Crippen molar-refractivity contribution in [2.75, 3.05) is 0 Å². The van der Waals surface area contributed by atoms with Crippen molar-refractivity contribution in [3.63, 3.8) is 0 Å². The lowest BCUT2D eigenvalue weighted by atomic mass is 10.4. The van der Waals surface area contributed by atoms with Crippen molar-refractivity contribution in [3.05, 3.63) is 18.0 Å². The first-order valence-corrected chi connectivity index (χ1v) is 6.92. The Labute approximate surface area is 110 Å². The average Bonchev–Trinajstić information content (AvgIpc) is 2.72. The molecule has 0 spiro atoms. The van der Waals surface area contributed by atoms with Crippen molar-refractivity contribution in [1.82, 2.24) is 9.29 Å². The Hall–Kier alpha value is -1.87. The summed E-state index contributed by atoms with van der Waals surface area (Å²) in [6.45, 7) is 3.29. The number of nitrogens with two attached hydrogens (primary N) is 1. The molecular weight excluding hydrogens is 274 g/mol. The molecule has 0 bridgehead atoms. The number of carboxylic acids is 1. The standard InChI is InChI=1S/C10H15N3O5S/c1-3-13-5-7(4-8(13)10(15)16)19(17,18)12-6(2)9(11)14/h4-6,12H,3H2,1-2H3,(H2,11,14)(H,15,16). The van der Waals surface area contributed by atoms with Crippen LogP contribution in [0.5, 0.6) is 0 Å². The Kier molecular flexibility index (Phi) is 4.32. The van der Waals surface area contributed by atoms with E-state index >= 15 is 0 Å². The van der Waals surface area contributed by atoms with Crippen molar-refractivity contribution < 1.29 is 23.1 Å². The molecule has 1 amide bonds. The van der Waals surface area contributed by atoms with Gasteiger partial charge in [0.25, 0.3) is 0 Å². The van der Waals surface area contributed by atoms with Crippen molar-refractivity contribution in [1.29, 1.82) is 0 Å². The number of hydrogen-bond acceptors (Lipinski definition) is 4. The molecule has 9 heteroatoms. The van der Waals surface area contributed by atoms with Gasteiger partial charge >= 0.3 is 5.97 Å². The van der Waals surface area contributed by atoms with Crippen LogP contribution in [0.15, 0.2) is 17.2 Å². The Bertz CT molecular complexity index is 605. The predicted molar refractivity (Wildman–Crippen MR) is 66.0 cm³/mol. The first kappa shape index (κ1) is 15.2. The van der Waals surface area contributed by atoms with Gasteiger partial charge in [-0.1, -0.05) is 0 Å². The molecule has 1 aromatic heterocycles. The predicted octanol–water partition coefficient (Wildman–Crippen LogP) is -0.642. The number of rotatable bonds is 6. The summed E-state index contributed by atoms with van der Waals surface area (Å²) >= 11 is 0. The highest BCUT2D eigenvalue weighted by Gasteiger charge is 2.24. The molecule has 8 nitrogen and oxygen atoms in total. The molecule has 1 rings (SSSR count). The molecule has 1 unspecified atom stereocenters. The molecule has 0 fully saturated rings. The molecule has 19 heavy (non-hydrogen) atoms. The van der Waals surface area contributed by atoms with Gasteiger partial charge in [0.2, 0.25) is 15.9 Å². The number of amides is 1. The zero-order valence-electron chi connectivity index (χ0n) is 10.5. The average molecular weight is 289 g/mol. The molecule has 0 aliphatic rings. The van der Waals surface area contributed by atoms with Gasteiger partial charge in [-0.3, -0.25) is 4.79 Å². The van der Waals surface area contributed by atoms with Crippen LogP contribution in [0, 0.1) is 0 Å². The molecule has 0 aromatic carbocycles. The van der Waals surface area contributed by atoms with E-state index in [0.29, 0.717) is 6.54 Å². The molecule has 4 N–H and O–H groups in total. The van der Waals surface area contributed by atoms with Gasteiger partial charge in [-0.05, 0) is 19.9 Å². The fraction of sp³-hybridized carbons (Fsp3) is 0.400. The second-order valence-corrected chi connectivity index (χ2v) is 5.61. The SMILES string of the molecule is CCn1cc(S(=O)(=O)NC(C)C(N)=O)cc1C(=O)O. The zero-order valence-corrected chi connectivity index (χ0v) is 11.3. The molecule has 1 heterocycles. The van der Waals surface area contributed by atoms with E-state index in [4.69, 9.17) is 10.8 Å². The van der Waals surface area contributed by atoms with Gasteiger partial charge in [0.05, 0.1) is 6.04 Å². The normalized spacial score (nSPS) is 13.2. The summed E-state index contributed by atoms with van der Waals surface area (Å²) in [6, 6.07) is -0.0507. The first-order valence-electron chi connectivity index (χ1n) is 5.44. The topological polar surface area (TPSA) is 131 Å². The van der Waals surface area contributed by atoms with E-state index in [1.165, 1.54) is 17.7 Å². The van der Waals surface area contributed by atoms with Crippen LogP contribution < -0.4 is 10.5 Å².